The summed E-state index contributed by atoms with van der Waals surface area (Å²) in [5, 5.41) is 14.4. The van der Waals surface area contributed by atoms with E-state index in [2.05, 4.69) is 43.4 Å². The van der Waals surface area contributed by atoms with Gasteiger partial charge in [0.05, 0.1) is 5.52 Å². The lowest BCUT2D eigenvalue weighted by atomic mass is 10.1. The average Bonchev–Trinajstić information content (AvgIpc) is 3.40. The highest BCUT2D eigenvalue weighted by molar-refractivity contribution is 6.04. The third-order valence-electron chi connectivity index (χ3n) is 5.98. The Bertz CT molecular complexity index is 1580. The molecule has 6 nitrogen and oxygen atoms in total. The van der Waals surface area contributed by atoms with Crippen LogP contribution < -0.4 is 5.32 Å². The maximum Gasteiger partial charge on any atom is 0.244 e. The Morgan fingerprint density at radius 3 is 2.55 bits per heavy atom. The number of halogens is 1. The van der Waals surface area contributed by atoms with Gasteiger partial charge in [-0.15, -0.1) is 10.2 Å². The van der Waals surface area contributed by atoms with E-state index >= 15 is 0 Å². The summed E-state index contributed by atoms with van der Waals surface area (Å²) < 4.78 is 15.5. The molecule has 0 unspecified atom stereocenters. The SMILES string of the molecule is Fc1ccc(Cn2c3ccccc3c3nnc(NCCc4c[nH]c5ccccc45)nc32)cc1. The summed E-state index contributed by atoms with van der Waals surface area (Å²) in [4.78, 5) is 8.12. The van der Waals surface area contributed by atoms with Gasteiger partial charge in [-0.2, -0.15) is 4.98 Å². The van der Waals surface area contributed by atoms with E-state index in [1.54, 1.807) is 12.1 Å². The molecule has 6 aromatic rings. The van der Waals surface area contributed by atoms with E-state index in [0.29, 0.717) is 19.0 Å². The van der Waals surface area contributed by atoms with Crippen molar-refractivity contribution in [3.05, 3.63) is 95.9 Å². The summed E-state index contributed by atoms with van der Waals surface area (Å²) in [6, 6.07) is 22.9. The van der Waals surface area contributed by atoms with Gasteiger partial charge in [0.15, 0.2) is 5.65 Å². The Morgan fingerprint density at radius 2 is 1.67 bits per heavy atom. The van der Waals surface area contributed by atoms with Crippen LogP contribution in [0.4, 0.5) is 10.3 Å². The van der Waals surface area contributed by atoms with Crippen LogP contribution in [0.1, 0.15) is 11.1 Å². The molecule has 0 radical (unpaired) electrons. The fraction of sp³-hybridized carbons (Fsp3) is 0.115. The molecular formula is C26H21FN6. The van der Waals surface area contributed by atoms with E-state index < -0.39 is 0 Å². The maximum absolute atomic E-state index is 13.4. The number of rotatable bonds is 6. The summed E-state index contributed by atoms with van der Waals surface area (Å²) in [7, 11) is 0. The molecule has 3 aromatic carbocycles. The lowest BCUT2D eigenvalue weighted by molar-refractivity contribution is 0.626. The first-order valence-corrected chi connectivity index (χ1v) is 10.9. The van der Waals surface area contributed by atoms with Gasteiger partial charge in [-0.1, -0.05) is 48.5 Å². The van der Waals surface area contributed by atoms with Crippen molar-refractivity contribution < 1.29 is 4.39 Å². The van der Waals surface area contributed by atoms with Crippen LogP contribution in [0.25, 0.3) is 33.0 Å². The number of para-hydroxylation sites is 2. The number of benzene rings is 3. The predicted molar refractivity (Wildman–Crippen MR) is 129 cm³/mol. The highest BCUT2D eigenvalue weighted by atomic mass is 19.1. The number of H-pyrrole nitrogens is 1. The smallest absolute Gasteiger partial charge is 0.244 e. The number of aromatic nitrogens is 5. The second-order valence-electron chi connectivity index (χ2n) is 8.07. The molecule has 0 fully saturated rings. The number of fused-ring (bicyclic) bond motifs is 4. The quantitative estimate of drug-likeness (QED) is 0.372. The van der Waals surface area contributed by atoms with Gasteiger partial charge in [-0.25, -0.2) is 4.39 Å². The van der Waals surface area contributed by atoms with Crippen LogP contribution in [0.5, 0.6) is 0 Å². The van der Waals surface area contributed by atoms with Crippen LogP contribution in [-0.4, -0.2) is 31.3 Å². The first kappa shape index (κ1) is 19.4. The van der Waals surface area contributed by atoms with Gasteiger partial charge in [0.25, 0.3) is 0 Å². The second kappa shape index (κ2) is 8.02. The monoisotopic (exact) mass is 436 g/mol. The summed E-state index contributed by atoms with van der Waals surface area (Å²) in [6.45, 7) is 1.25. The van der Waals surface area contributed by atoms with Crippen molar-refractivity contribution in [1.82, 2.24) is 24.7 Å². The van der Waals surface area contributed by atoms with E-state index in [9.17, 15) is 4.39 Å². The largest absolute Gasteiger partial charge is 0.361 e. The molecule has 162 valence electrons. The van der Waals surface area contributed by atoms with Gasteiger partial charge in [0, 0.05) is 35.6 Å². The number of nitrogens with one attached hydrogen (secondary N) is 2. The molecule has 0 aliphatic rings. The molecule has 0 spiro atoms. The molecule has 3 heterocycles. The van der Waals surface area contributed by atoms with Crippen LogP contribution in [0.3, 0.4) is 0 Å². The molecule has 0 amide bonds. The van der Waals surface area contributed by atoms with Crippen molar-refractivity contribution in [3.63, 3.8) is 0 Å². The molecule has 0 bridgehead atoms. The first-order chi connectivity index (χ1) is 16.3. The number of hydrogen-bond acceptors (Lipinski definition) is 4. The summed E-state index contributed by atoms with van der Waals surface area (Å²) >= 11 is 0. The fourth-order valence-corrected chi connectivity index (χ4v) is 4.36. The minimum Gasteiger partial charge on any atom is -0.361 e. The minimum atomic E-state index is -0.244. The molecule has 0 aliphatic carbocycles. The summed E-state index contributed by atoms with van der Waals surface area (Å²) in [5.74, 6) is 0.247. The maximum atomic E-state index is 13.4. The Morgan fingerprint density at radius 1 is 0.879 bits per heavy atom. The Balaban J connectivity index is 1.31. The number of hydrogen-bond donors (Lipinski definition) is 2. The molecule has 6 rings (SSSR count). The minimum absolute atomic E-state index is 0.244. The van der Waals surface area contributed by atoms with Gasteiger partial charge < -0.3 is 14.9 Å². The van der Waals surface area contributed by atoms with Gasteiger partial charge in [0.1, 0.15) is 11.3 Å². The van der Waals surface area contributed by atoms with Crippen molar-refractivity contribution in [2.24, 2.45) is 0 Å². The van der Waals surface area contributed by atoms with E-state index in [4.69, 9.17) is 4.98 Å². The van der Waals surface area contributed by atoms with Crippen LogP contribution in [0.15, 0.2) is 79.0 Å². The van der Waals surface area contributed by atoms with E-state index in [1.807, 2.05) is 36.4 Å². The number of nitrogens with zero attached hydrogens (tertiary/aromatic N) is 4. The van der Waals surface area contributed by atoms with Gasteiger partial charge >= 0.3 is 0 Å². The zero-order chi connectivity index (χ0) is 22.2. The van der Waals surface area contributed by atoms with Crippen LogP contribution in [-0.2, 0) is 13.0 Å². The van der Waals surface area contributed by atoms with E-state index in [1.165, 1.54) is 23.1 Å². The molecule has 33 heavy (non-hydrogen) atoms. The lowest BCUT2D eigenvalue weighted by Crippen LogP contribution is -2.10. The molecule has 2 N–H and O–H groups in total. The van der Waals surface area contributed by atoms with Gasteiger partial charge in [-0.05, 0) is 41.8 Å². The Hall–Kier alpha value is -4.26. The molecule has 0 saturated carbocycles. The number of aromatic amines is 1. The Labute approximate surface area is 189 Å². The van der Waals surface area contributed by atoms with E-state index in [-0.39, 0.29) is 5.82 Å². The summed E-state index contributed by atoms with van der Waals surface area (Å²) in [5.41, 5.74) is 5.91. The van der Waals surface area contributed by atoms with Crippen LogP contribution >= 0.6 is 0 Å². The van der Waals surface area contributed by atoms with Gasteiger partial charge in [0.2, 0.25) is 5.95 Å². The lowest BCUT2D eigenvalue weighted by Gasteiger charge is -2.08. The zero-order valence-electron chi connectivity index (χ0n) is 17.8. The fourth-order valence-electron chi connectivity index (χ4n) is 4.36. The van der Waals surface area contributed by atoms with Gasteiger partial charge in [-0.3, -0.25) is 0 Å². The first-order valence-electron chi connectivity index (χ1n) is 10.9. The molecule has 0 aliphatic heterocycles. The highest BCUT2D eigenvalue weighted by Crippen LogP contribution is 2.27. The van der Waals surface area contributed by atoms with Crippen LogP contribution in [0, 0.1) is 5.82 Å². The predicted octanol–water partition coefficient (Wildman–Crippen LogP) is 5.30. The van der Waals surface area contributed by atoms with Crippen molar-refractivity contribution >= 4 is 38.9 Å². The normalized spacial score (nSPS) is 11.5. The van der Waals surface area contributed by atoms with Crippen molar-refractivity contribution in [2.75, 3.05) is 11.9 Å². The molecule has 0 atom stereocenters. The van der Waals surface area contributed by atoms with Crippen molar-refractivity contribution in [3.8, 4) is 0 Å². The molecular weight excluding hydrogens is 415 g/mol. The molecule has 0 saturated heterocycles. The third kappa shape index (κ3) is 3.57. The van der Waals surface area contributed by atoms with Crippen molar-refractivity contribution in [1.29, 1.82) is 0 Å². The average molecular weight is 436 g/mol. The molecule has 3 aromatic heterocycles. The topological polar surface area (TPSA) is 71.4 Å². The number of anilines is 1. The Kier molecular flexibility index (Phi) is 4.72. The zero-order valence-corrected chi connectivity index (χ0v) is 17.8. The van der Waals surface area contributed by atoms with Crippen LogP contribution in [0.2, 0.25) is 0 Å². The third-order valence-corrected chi connectivity index (χ3v) is 5.98. The standard InChI is InChI=1S/C26H21FN6/c27-19-11-9-17(10-12-19)16-33-23-8-4-2-6-21(23)24-25(33)30-26(32-31-24)28-14-13-18-15-29-22-7-3-1-5-20(18)22/h1-12,15,29H,13-14,16H2,(H,28,30,32). The highest BCUT2D eigenvalue weighted by Gasteiger charge is 2.15. The summed E-state index contributed by atoms with van der Waals surface area (Å²) in [6.07, 6.45) is 2.89. The molecule has 7 heteroatoms. The van der Waals surface area contributed by atoms with Crippen molar-refractivity contribution in [2.45, 2.75) is 13.0 Å². The van der Waals surface area contributed by atoms with E-state index in [0.717, 1.165) is 39.6 Å². The second-order valence-corrected chi connectivity index (χ2v) is 8.07.